The lowest BCUT2D eigenvalue weighted by Gasteiger charge is -2.10. The van der Waals surface area contributed by atoms with Crippen molar-refractivity contribution in [1.29, 1.82) is 5.26 Å². The number of carbonyl (C=O) groups excluding carboxylic acids is 1. The van der Waals surface area contributed by atoms with Crippen LogP contribution in [0.4, 0.5) is 0 Å². The van der Waals surface area contributed by atoms with Gasteiger partial charge in [0.1, 0.15) is 0 Å². The summed E-state index contributed by atoms with van der Waals surface area (Å²) >= 11 is 0. The number of nitrogens with one attached hydrogen (secondary N) is 1. The first-order valence-electron chi connectivity index (χ1n) is 6.58. The molecule has 0 radical (unpaired) electrons. The monoisotopic (exact) mass is 260 g/mol. The Bertz CT molecular complexity index is 412. The van der Waals surface area contributed by atoms with E-state index in [0.29, 0.717) is 26.1 Å². The second kappa shape index (κ2) is 9.12. The normalized spacial score (nSPS) is 11.6. The van der Waals surface area contributed by atoms with Crippen LogP contribution in [-0.4, -0.2) is 25.7 Å². The zero-order chi connectivity index (χ0) is 13.9. The van der Waals surface area contributed by atoms with E-state index in [9.17, 15) is 4.79 Å². The zero-order valence-corrected chi connectivity index (χ0v) is 11.3. The van der Waals surface area contributed by atoms with Crippen LogP contribution < -0.4 is 5.32 Å². The van der Waals surface area contributed by atoms with Gasteiger partial charge in [-0.15, -0.1) is 0 Å². The first-order valence-corrected chi connectivity index (χ1v) is 6.58. The van der Waals surface area contributed by atoms with E-state index in [1.165, 1.54) is 0 Å². The van der Waals surface area contributed by atoms with Gasteiger partial charge < -0.3 is 10.1 Å². The summed E-state index contributed by atoms with van der Waals surface area (Å²) in [6.07, 6.45) is 1.15. The Morgan fingerprint density at radius 3 is 2.79 bits per heavy atom. The molecule has 0 aromatic heterocycles. The van der Waals surface area contributed by atoms with Crippen molar-refractivity contribution in [3.63, 3.8) is 0 Å². The molecule has 1 aromatic rings. The van der Waals surface area contributed by atoms with E-state index in [1.54, 1.807) is 6.92 Å². The van der Waals surface area contributed by atoms with E-state index >= 15 is 0 Å². The third-order valence-electron chi connectivity index (χ3n) is 2.75. The van der Waals surface area contributed by atoms with Gasteiger partial charge in [-0.05, 0) is 25.5 Å². The molecule has 0 aliphatic rings. The van der Waals surface area contributed by atoms with E-state index in [-0.39, 0.29) is 11.9 Å². The Morgan fingerprint density at radius 1 is 1.42 bits per heavy atom. The molecule has 0 bridgehead atoms. The van der Waals surface area contributed by atoms with E-state index in [0.717, 1.165) is 12.0 Å². The van der Waals surface area contributed by atoms with Crippen LogP contribution in [0.25, 0.3) is 0 Å². The van der Waals surface area contributed by atoms with Gasteiger partial charge in [0.2, 0.25) is 0 Å². The molecule has 1 aromatic carbocycles. The smallest absolute Gasteiger partial charge is 0.305 e. The van der Waals surface area contributed by atoms with E-state index in [2.05, 4.69) is 11.4 Å². The first-order chi connectivity index (χ1) is 9.27. The van der Waals surface area contributed by atoms with Gasteiger partial charge in [-0.3, -0.25) is 4.79 Å². The first kappa shape index (κ1) is 15.2. The van der Waals surface area contributed by atoms with Crippen molar-refractivity contribution in [2.75, 3.05) is 19.7 Å². The molecular weight excluding hydrogens is 240 g/mol. The van der Waals surface area contributed by atoms with Crippen LogP contribution in [0.1, 0.15) is 31.2 Å². The summed E-state index contributed by atoms with van der Waals surface area (Å²) in [5, 5.41) is 12.3. The molecule has 1 atom stereocenters. The highest BCUT2D eigenvalue weighted by molar-refractivity contribution is 5.69. The molecular formula is C15H20N2O2. The van der Waals surface area contributed by atoms with E-state index in [4.69, 9.17) is 10.00 Å². The van der Waals surface area contributed by atoms with Gasteiger partial charge >= 0.3 is 5.97 Å². The van der Waals surface area contributed by atoms with Gasteiger partial charge in [0.15, 0.2) is 0 Å². The Kier molecular flexibility index (Phi) is 7.30. The number of ether oxygens (including phenoxy) is 1. The number of rotatable bonds is 8. The van der Waals surface area contributed by atoms with Crippen LogP contribution in [0.2, 0.25) is 0 Å². The van der Waals surface area contributed by atoms with Crippen molar-refractivity contribution in [3.8, 4) is 6.07 Å². The number of benzene rings is 1. The van der Waals surface area contributed by atoms with Crippen LogP contribution in [0.15, 0.2) is 30.3 Å². The van der Waals surface area contributed by atoms with Crippen LogP contribution in [-0.2, 0) is 9.53 Å². The quantitative estimate of drug-likeness (QED) is 0.575. The molecule has 19 heavy (non-hydrogen) atoms. The predicted molar refractivity (Wildman–Crippen MR) is 73.5 cm³/mol. The molecule has 0 amide bonds. The number of nitrogens with zero attached hydrogens (tertiary/aromatic N) is 1. The van der Waals surface area contributed by atoms with Crippen LogP contribution in [0.5, 0.6) is 0 Å². The molecule has 0 saturated heterocycles. The number of esters is 1. The van der Waals surface area contributed by atoms with Crippen molar-refractivity contribution >= 4 is 5.97 Å². The summed E-state index contributed by atoms with van der Waals surface area (Å²) < 4.78 is 4.84. The van der Waals surface area contributed by atoms with Crippen LogP contribution in [0, 0.1) is 11.3 Å². The number of hydrogen-bond donors (Lipinski definition) is 1. The molecule has 0 heterocycles. The van der Waals surface area contributed by atoms with Gasteiger partial charge in [0.25, 0.3) is 0 Å². The van der Waals surface area contributed by atoms with Crippen molar-refractivity contribution in [2.45, 2.75) is 25.7 Å². The molecule has 1 N–H and O–H groups in total. The van der Waals surface area contributed by atoms with E-state index in [1.807, 2.05) is 30.3 Å². The van der Waals surface area contributed by atoms with Gasteiger partial charge in [-0.1, -0.05) is 30.3 Å². The van der Waals surface area contributed by atoms with Crippen LogP contribution >= 0.6 is 0 Å². The van der Waals surface area contributed by atoms with Crippen molar-refractivity contribution in [1.82, 2.24) is 5.32 Å². The van der Waals surface area contributed by atoms with Crippen LogP contribution in [0.3, 0.4) is 0 Å². The summed E-state index contributed by atoms with van der Waals surface area (Å²) in [4.78, 5) is 11.1. The van der Waals surface area contributed by atoms with E-state index < -0.39 is 0 Å². The Hall–Kier alpha value is -1.86. The molecule has 0 aliphatic heterocycles. The van der Waals surface area contributed by atoms with Crippen molar-refractivity contribution in [2.24, 2.45) is 0 Å². The fraction of sp³-hybridized carbons (Fsp3) is 0.467. The number of nitriles is 1. The van der Waals surface area contributed by atoms with Gasteiger partial charge in [-0.2, -0.15) is 5.26 Å². The minimum atomic E-state index is -0.163. The maximum atomic E-state index is 11.1. The molecule has 0 aliphatic carbocycles. The summed E-state index contributed by atoms with van der Waals surface area (Å²) in [6.45, 7) is 3.54. The molecule has 4 nitrogen and oxygen atoms in total. The predicted octanol–water partition coefficient (Wildman–Crippen LogP) is 2.23. The highest BCUT2D eigenvalue weighted by Gasteiger charge is 2.09. The van der Waals surface area contributed by atoms with Crippen molar-refractivity contribution in [3.05, 3.63) is 35.9 Å². The third kappa shape index (κ3) is 6.03. The highest BCUT2D eigenvalue weighted by Crippen LogP contribution is 2.12. The molecule has 1 rings (SSSR count). The third-order valence-corrected chi connectivity index (χ3v) is 2.75. The average Bonchev–Trinajstić information content (AvgIpc) is 2.44. The second-order valence-electron chi connectivity index (χ2n) is 4.21. The molecule has 0 spiro atoms. The molecule has 1 unspecified atom stereocenters. The lowest BCUT2D eigenvalue weighted by Crippen LogP contribution is -2.22. The topological polar surface area (TPSA) is 62.1 Å². The summed E-state index contributed by atoms with van der Waals surface area (Å²) in [7, 11) is 0. The fourth-order valence-corrected chi connectivity index (χ4v) is 1.76. The molecule has 102 valence electrons. The van der Waals surface area contributed by atoms with Crippen molar-refractivity contribution < 1.29 is 9.53 Å². The maximum absolute atomic E-state index is 11.1. The van der Waals surface area contributed by atoms with Gasteiger partial charge in [0.05, 0.1) is 18.6 Å². The minimum absolute atomic E-state index is 0.149. The zero-order valence-electron chi connectivity index (χ0n) is 11.3. The highest BCUT2D eigenvalue weighted by atomic mass is 16.5. The fourth-order valence-electron chi connectivity index (χ4n) is 1.76. The average molecular weight is 260 g/mol. The van der Waals surface area contributed by atoms with Gasteiger partial charge in [0, 0.05) is 13.0 Å². The molecule has 0 saturated carbocycles. The standard InChI is InChI=1S/C15H20N2O2/c1-2-19-15(18)9-6-10-17-12-14(11-16)13-7-4-3-5-8-13/h3-5,7-8,14,17H,2,6,9-10,12H2,1H3. The number of carbonyl (C=O) groups is 1. The summed E-state index contributed by atoms with van der Waals surface area (Å²) in [5.41, 5.74) is 1.02. The molecule has 0 fully saturated rings. The largest absolute Gasteiger partial charge is 0.466 e. The van der Waals surface area contributed by atoms with Gasteiger partial charge in [-0.25, -0.2) is 0 Å². The SMILES string of the molecule is CCOC(=O)CCCNCC(C#N)c1ccccc1. The number of hydrogen-bond acceptors (Lipinski definition) is 4. The summed E-state index contributed by atoms with van der Waals surface area (Å²) in [6, 6.07) is 12.0. The lowest BCUT2D eigenvalue weighted by atomic mass is 10.0. The maximum Gasteiger partial charge on any atom is 0.305 e. The summed E-state index contributed by atoms with van der Waals surface area (Å²) in [5.74, 6) is -0.312. The Balaban J connectivity index is 2.21. The lowest BCUT2D eigenvalue weighted by molar-refractivity contribution is -0.143. The Labute approximate surface area is 114 Å². The second-order valence-corrected chi connectivity index (χ2v) is 4.21. The Morgan fingerprint density at radius 2 is 2.16 bits per heavy atom. The molecule has 4 heteroatoms. The minimum Gasteiger partial charge on any atom is -0.466 e.